The molecule has 1 aromatic heterocycles. The Balaban J connectivity index is 2.55. The van der Waals surface area contributed by atoms with E-state index in [2.05, 4.69) is 10.1 Å². The Hall–Kier alpha value is -2.19. The highest BCUT2D eigenvalue weighted by atomic mass is 32.2. The smallest absolute Gasteiger partial charge is 0.244 e. The molecule has 0 saturated heterocycles. The van der Waals surface area contributed by atoms with Crippen molar-refractivity contribution >= 4 is 26.8 Å². The van der Waals surface area contributed by atoms with Crippen molar-refractivity contribution in [3.05, 3.63) is 36.5 Å². The van der Waals surface area contributed by atoms with Crippen LogP contribution in [-0.2, 0) is 10.0 Å². The van der Waals surface area contributed by atoms with Gasteiger partial charge in [0.2, 0.25) is 10.0 Å². The first-order chi connectivity index (χ1) is 10.0. The number of aromatic nitrogens is 1. The van der Waals surface area contributed by atoms with E-state index in [1.54, 1.807) is 37.4 Å². The van der Waals surface area contributed by atoms with E-state index in [4.69, 9.17) is 10.9 Å². The third-order valence-corrected chi connectivity index (χ3v) is 5.02. The number of hydrogen-bond acceptors (Lipinski definition) is 5. The molecule has 0 aliphatic heterocycles. The molecule has 2 rings (SSSR count). The van der Waals surface area contributed by atoms with Gasteiger partial charge in [0.05, 0.1) is 17.0 Å². The monoisotopic (exact) mass is 308 g/mol. The summed E-state index contributed by atoms with van der Waals surface area (Å²) in [7, 11) is -3.76. The Morgan fingerprint density at radius 1 is 1.38 bits per heavy atom. The average molecular weight is 308 g/mol. The SMILES string of the molecule is CCN(C/C(N)=N/O)S(=O)(=O)c1cccc2ncccc12. The van der Waals surface area contributed by atoms with E-state index in [-0.39, 0.29) is 23.8 Å². The fourth-order valence-corrected chi connectivity index (χ4v) is 3.64. The number of fused-ring (bicyclic) bond motifs is 1. The number of amidine groups is 1. The maximum Gasteiger partial charge on any atom is 0.244 e. The molecule has 0 radical (unpaired) electrons. The van der Waals surface area contributed by atoms with Crippen molar-refractivity contribution in [2.75, 3.05) is 13.1 Å². The summed E-state index contributed by atoms with van der Waals surface area (Å²) in [6.45, 7) is 1.72. The molecule has 2 aromatic rings. The molecule has 0 aliphatic rings. The predicted octanol–water partition coefficient (Wildman–Crippen LogP) is 0.992. The first kappa shape index (κ1) is 15.2. The summed E-state index contributed by atoms with van der Waals surface area (Å²) in [5.41, 5.74) is 6.01. The summed E-state index contributed by atoms with van der Waals surface area (Å²) >= 11 is 0. The first-order valence-electron chi connectivity index (χ1n) is 6.31. The van der Waals surface area contributed by atoms with Gasteiger partial charge in [-0.15, -0.1) is 0 Å². The van der Waals surface area contributed by atoms with Crippen molar-refractivity contribution < 1.29 is 13.6 Å². The summed E-state index contributed by atoms with van der Waals surface area (Å²) < 4.78 is 26.6. The van der Waals surface area contributed by atoms with Crippen LogP contribution in [-0.4, -0.2) is 41.8 Å². The first-order valence-corrected chi connectivity index (χ1v) is 7.75. The molecule has 0 saturated carbocycles. The summed E-state index contributed by atoms with van der Waals surface area (Å²) in [6.07, 6.45) is 1.60. The number of oxime groups is 1. The lowest BCUT2D eigenvalue weighted by Gasteiger charge is -2.20. The van der Waals surface area contributed by atoms with Crippen molar-refractivity contribution in [3.63, 3.8) is 0 Å². The Morgan fingerprint density at radius 3 is 2.81 bits per heavy atom. The lowest BCUT2D eigenvalue weighted by atomic mass is 10.2. The normalized spacial score (nSPS) is 13.0. The number of rotatable bonds is 5. The standard InChI is InChI=1S/C13H16N4O3S/c1-2-17(9-13(14)16-18)21(19,20)12-7-3-6-11-10(12)5-4-8-15-11/h3-8,18H,2,9H2,1H3,(H2,14,16). The molecule has 0 fully saturated rings. The van der Waals surface area contributed by atoms with Gasteiger partial charge < -0.3 is 10.9 Å². The highest BCUT2D eigenvalue weighted by Crippen LogP contribution is 2.24. The van der Waals surface area contributed by atoms with Gasteiger partial charge in [-0.1, -0.05) is 18.1 Å². The summed E-state index contributed by atoms with van der Waals surface area (Å²) in [5, 5.41) is 12.0. The zero-order chi connectivity index (χ0) is 15.5. The number of nitrogens with two attached hydrogens (primary N) is 1. The third kappa shape index (κ3) is 2.96. The molecule has 1 aromatic carbocycles. The van der Waals surface area contributed by atoms with Crippen LogP contribution in [0.4, 0.5) is 0 Å². The van der Waals surface area contributed by atoms with Gasteiger partial charge in [-0.25, -0.2) is 8.42 Å². The number of benzene rings is 1. The van der Waals surface area contributed by atoms with Gasteiger partial charge in [-0.2, -0.15) is 4.31 Å². The Labute approximate surface area is 122 Å². The summed E-state index contributed by atoms with van der Waals surface area (Å²) in [4.78, 5) is 4.30. The number of nitrogens with zero attached hydrogens (tertiary/aromatic N) is 3. The van der Waals surface area contributed by atoms with Crippen molar-refractivity contribution in [1.82, 2.24) is 9.29 Å². The van der Waals surface area contributed by atoms with E-state index in [1.807, 2.05) is 0 Å². The van der Waals surface area contributed by atoms with E-state index in [9.17, 15) is 8.42 Å². The number of sulfonamides is 1. The minimum atomic E-state index is -3.76. The number of hydrogen-bond donors (Lipinski definition) is 2. The largest absolute Gasteiger partial charge is 0.409 e. The zero-order valence-electron chi connectivity index (χ0n) is 11.5. The van der Waals surface area contributed by atoms with Gasteiger partial charge in [0.1, 0.15) is 0 Å². The molecule has 8 heteroatoms. The minimum Gasteiger partial charge on any atom is -0.409 e. The molecule has 7 nitrogen and oxygen atoms in total. The van der Waals surface area contributed by atoms with Crippen LogP contribution in [0.1, 0.15) is 6.92 Å². The van der Waals surface area contributed by atoms with E-state index in [1.165, 1.54) is 6.07 Å². The second kappa shape index (κ2) is 6.06. The van der Waals surface area contributed by atoms with Gasteiger partial charge in [0.15, 0.2) is 5.84 Å². The van der Waals surface area contributed by atoms with Crippen LogP contribution in [0.2, 0.25) is 0 Å². The number of likely N-dealkylation sites (N-methyl/N-ethyl adjacent to an activating group) is 1. The van der Waals surface area contributed by atoms with Crippen molar-refractivity contribution in [3.8, 4) is 0 Å². The average Bonchev–Trinajstić information content (AvgIpc) is 2.51. The maximum absolute atomic E-state index is 12.7. The minimum absolute atomic E-state index is 0.153. The number of pyridine rings is 1. The Bertz CT molecular complexity index is 769. The Morgan fingerprint density at radius 2 is 2.14 bits per heavy atom. The van der Waals surface area contributed by atoms with Crippen LogP contribution >= 0.6 is 0 Å². The third-order valence-electron chi connectivity index (χ3n) is 3.04. The second-order valence-electron chi connectivity index (χ2n) is 4.35. The van der Waals surface area contributed by atoms with E-state index >= 15 is 0 Å². The molecule has 1 heterocycles. The highest BCUT2D eigenvalue weighted by Gasteiger charge is 2.25. The summed E-state index contributed by atoms with van der Waals surface area (Å²) in [6, 6.07) is 8.29. The second-order valence-corrected chi connectivity index (χ2v) is 6.26. The Kier molecular flexibility index (Phi) is 4.39. The predicted molar refractivity (Wildman–Crippen MR) is 79.6 cm³/mol. The topological polar surface area (TPSA) is 109 Å². The lowest BCUT2D eigenvalue weighted by Crippen LogP contribution is -2.38. The van der Waals surface area contributed by atoms with Crippen LogP contribution in [0, 0.1) is 0 Å². The molecule has 0 aliphatic carbocycles. The molecule has 112 valence electrons. The molecule has 0 spiro atoms. The van der Waals surface area contributed by atoms with Gasteiger partial charge in [-0.05, 0) is 24.3 Å². The molecular weight excluding hydrogens is 292 g/mol. The quantitative estimate of drug-likeness (QED) is 0.370. The molecule has 3 N–H and O–H groups in total. The molecule has 0 atom stereocenters. The highest BCUT2D eigenvalue weighted by molar-refractivity contribution is 7.89. The van der Waals surface area contributed by atoms with Gasteiger partial charge in [0, 0.05) is 18.1 Å². The maximum atomic E-state index is 12.7. The van der Waals surface area contributed by atoms with Crippen molar-refractivity contribution in [2.45, 2.75) is 11.8 Å². The van der Waals surface area contributed by atoms with Crippen LogP contribution in [0.5, 0.6) is 0 Å². The van der Waals surface area contributed by atoms with Crippen LogP contribution < -0.4 is 5.73 Å². The van der Waals surface area contributed by atoms with Crippen LogP contribution in [0.25, 0.3) is 10.9 Å². The van der Waals surface area contributed by atoms with E-state index in [0.29, 0.717) is 10.9 Å². The molecule has 0 amide bonds. The molecule has 0 bridgehead atoms. The summed E-state index contributed by atoms with van der Waals surface area (Å²) in [5.74, 6) is -0.168. The molecular formula is C13H16N4O3S. The van der Waals surface area contributed by atoms with Crippen molar-refractivity contribution in [1.29, 1.82) is 0 Å². The zero-order valence-corrected chi connectivity index (χ0v) is 12.3. The van der Waals surface area contributed by atoms with E-state index < -0.39 is 10.0 Å². The van der Waals surface area contributed by atoms with E-state index in [0.717, 1.165) is 4.31 Å². The van der Waals surface area contributed by atoms with Gasteiger partial charge in [0.25, 0.3) is 0 Å². The fraction of sp³-hybridized carbons (Fsp3) is 0.231. The van der Waals surface area contributed by atoms with Crippen LogP contribution in [0.3, 0.4) is 0 Å². The fourth-order valence-electron chi connectivity index (χ4n) is 2.02. The molecule has 0 unspecified atom stereocenters. The lowest BCUT2D eigenvalue weighted by molar-refractivity contribution is 0.315. The van der Waals surface area contributed by atoms with Crippen LogP contribution in [0.15, 0.2) is 46.6 Å². The van der Waals surface area contributed by atoms with Gasteiger partial charge in [-0.3, -0.25) is 4.98 Å². The van der Waals surface area contributed by atoms with Gasteiger partial charge >= 0.3 is 0 Å². The van der Waals surface area contributed by atoms with Crippen molar-refractivity contribution in [2.24, 2.45) is 10.9 Å². The molecule has 21 heavy (non-hydrogen) atoms.